The molecule has 1 aliphatic rings. The van der Waals surface area contributed by atoms with Gasteiger partial charge in [-0.2, -0.15) is 0 Å². The molecule has 150 valence electrons. The number of nitrogens with zero attached hydrogens (tertiary/aromatic N) is 2. The zero-order valence-corrected chi connectivity index (χ0v) is 16.6. The highest BCUT2D eigenvalue weighted by molar-refractivity contribution is 6.34. The van der Waals surface area contributed by atoms with Gasteiger partial charge in [-0.3, -0.25) is 19.7 Å². The summed E-state index contributed by atoms with van der Waals surface area (Å²) >= 11 is 5.95. The van der Waals surface area contributed by atoms with Crippen LogP contribution in [-0.4, -0.2) is 53.9 Å². The molecule has 2 rings (SSSR count). The molecule has 1 saturated heterocycles. The molecule has 0 unspecified atom stereocenters. The molecule has 1 aromatic rings. The van der Waals surface area contributed by atoms with Crippen LogP contribution in [0, 0.1) is 10.1 Å². The van der Waals surface area contributed by atoms with E-state index in [9.17, 15) is 19.7 Å². The first-order valence-electron chi connectivity index (χ1n) is 8.67. The number of hydrogen-bond acceptors (Lipinski definition) is 5. The summed E-state index contributed by atoms with van der Waals surface area (Å²) in [7, 11) is 0. The van der Waals surface area contributed by atoms with Crippen LogP contribution in [0.1, 0.15) is 36.5 Å². The van der Waals surface area contributed by atoms with Crippen molar-refractivity contribution in [2.24, 2.45) is 0 Å². The average molecular weight is 419 g/mol. The van der Waals surface area contributed by atoms with Gasteiger partial charge in [-0.25, -0.2) is 0 Å². The fraction of sp³-hybridized carbons (Fsp3) is 0.529. The highest BCUT2D eigenvalue weighted by Gasteiger charge is 2.27. The average Bonchev–Trinajstić information content (AvgIpc) is 2.64. The summed E-state index contributed by atoms with van der Waals surface area (Å²) in [4.78, 5) is 37.2. The molecular formula is C17H24Cl2N4O4. The standard InChI is InChI=1S/C17H23ClN4O4.ClH/c1-2-10-21(12-6-8-19-9-7-12)15(23)11-20-17(24)16-13(18)4-3-5-14(16)22(25)26;/h3-5,12,19H,2,6-11H2,1H3,(H,20,24);1H. The van der Waals surface area contributed by atoms with Crippen molar-refractivity contribution in [3.8, 4) is 0 Å². The van der Waals surface area contributed by atoms with Crippen LogP contribution in [0.25, 0.3) is 0 Å². The van der Waals surface area contributed by atoms with E-state index in [0.717, 1.165) is 32.4 Å². The van der Waals surface area contributed by atoms with Gasteiger partial charge in [0.15, 0.2) is 0 Å². The molecule has 1 fully saturated rings. The van der Waals surface area contributed by atoms with Crippen LogP contribution in [0.5, 0.6) is 0 Å². The SMILES string of the molecule is CCCN(C(=O)CNC(=O)c1c(Cl)cccc1[N+](=O)[O-])C1CCNCC1.Cl. The first-order valence-corrected chi connectivity index (χ1v) is 9.04. The maximum atomic E-state index is 12.6. The van der Waals surface area contributed by atoms with Crippen molar-refractivity contribution < 1.29 is 14.5 Å². The quantitative estimate of drug-likeness (QED) is 0.522. The third-order valence-corrected chi connectivity index (χ3v) is 4.66. The van der Waals surface area contributed by atoms with E-state index >= 15 is 0 Å². The summed E-state index contributed by atoms with van der Waals surface area (Å²) in [5, 5.41) is 16.8. The number of nitro benzene ring substituents is 1. The minimum absolute atomic E-state index is 0. The molecule has 1 heterocycles. The second-order valence-electron chi connectivity index (χ2n) is 6.14. The Morgan fingerprint density at radius 1 is 1.37 bits per heavy atom. The molecule has 0 bridgehead atoms. The number of nitrogens with one attached hydrogen (secondary N) is 2. The predicted octanol–water partition coefficient (Wildman–Crippen LogP) is 2.39. The fourth-order valence-corrected chi connectivity index (χ4v) is 3.36. The molecule has 0 radical (unpaired) electrons. The Morgan fingerprint density at radius 2 is 2.04 bits per heavy atom. The third kappa shape index (κ3) is 6.05. The zero-order valence-electron chi connectivity index (χ0n) is 15.1. The van der Waals surface area contributed by atoms with E-state index in [0.29, 0.717) is 6.54 Å². The molecule has 27 heavy (non-hydrogen) atoms. The Labute approximate surface area is 169 Å². The topological polar surface area (TPSA) is 105 Å². The number of rotatable bonds is 7. The first-order chi connectivity index (χ1) is 12.5. The maximum Gasteiger partial charge on any atom is 0.283 e. The summed E-state index contributed by atoms with van der Waals surface area (Å²) in [5.74, 6) is -0.917. The normalized spacial score (nSPS) is 14.1. The van der Waals surface area contributed by atoms with Gasteiger partial charge >= 0.3 is 0 Å². The lowest BCUT2D eigenvalue weighted by atomic mass is 10.0. The summed E-state index contributed by atoms with van der Waals surface area (Å²) in [5.41, 5.74) is -0.609. The summed E-state index contributed by atoms with van der Waals surface area (Å²) in [6, 6.07) is 4.17. The lowest BCUT2D eigenvalue weighted by Crippen LogP contribution is -2.49. The summed E-state index contributed by atoms with van der Waals surface area (Å²) in [6.07, 6.45) is 2.56. The minimum atomic E-state index is -0.725. The molecular weight excluding hydrogens is 395 g/mol. The van der Waals surface area contributed by atoms with Gasteiger partial charge in [0, 0.05) is 18.7 Å². The Hall–Kier alpha value is -1.90. The molecule has 0 aliphatic carbocycles. The van der Waals surface area contributed by atoms with E-state index in [1.54, 1.807) is 4.90 Å². The number of halogens is 2. The van der Waals surface area contributed by atoms with Crippen LogP contribution in [0.2, 0.25) is 5.02 Å². The number of hydrogen-bond donors (Lipinski definition) is 2. The number of piperidine rings is 1. The van der Waals surface area contributed by atoms with Crippen molar-refractivity contribution in [2.45, 2.75) is 32.2 Å². The van der Waals surface area contributed by atoms with Crippen molar-refractivity contribution in [2.75, 3.05) is 26.2 Å². The molecule has 1 aliphatic heterocycles. The molecule has 1 aromatic carbocycles. The van der Waals surface area contributed by atoms with E-state index in [1.807, 2.05) is 6.92 Å². The van der Waals surface area contributed by atoms with Gasteiger partial charge < -0.3 is 15.5 Å². The fourth-order valence-electron chi connectivity index (χ4n) is 3.11. The molecule has 8 nitrogen and oxygen atoms in total. The van der Waals surface area contributed by atoms with Gasteiger partial charge in [0.1, 0.15) is 5.56 Å². The van der Waals surface area contributed by atoms with Gasteiger partial charge in [0.05, 0.1) is 16.5 Å². The van der Waals surface area contributed by atoms with Crippen LogP contribution in [0.15, 0.2) is 18.2 Å². The van der Waals surface area contributed by atoms with Gasteiger partial charge in [0.25, 0.3) is 11.6 Å². The van der Waals surface area contributed by atoms with Gasteiger partial charge in [0.2, 0.25) is 5.91 Å². The van der Waals surface area contributed by atoms with E-state index < -0.39 is 10.8 Å². The van der Waals surface area contributed by atoms with Crippen molar-refractivity contribution >= 4 is 41.5 Å². The Morgan fingerprint density at radius 3 is 2.63 bits per heavy atom. The van der Waals surface area contributed by atoms with Gasteiger partial charge in [-0.05, 0) is 38.4 Å². The van der Waals surface area contributed by atoms with Crippen LogP contribution >= 0.6 is 24.0 Å². The molecule has 0 aromatic heterocycles. The molecule has 0 atom stereocenters. The number of carbonyl (C=O) groups excluding carboxylic acids is 2. The second kappa shape index (κ2) is 11.1. The van der Waals surface area contributed by atoms with E-state index in [4.69, 9.17) is 11.6 Å². The molecule has 0 spiro atoms. The highest BCUT2D eigenvalue weighted by Crippen LogP contribution is 2.26. The molecule has 10 heteroatoms. The van der Waals surface area contributed by atoms with E-state index in [-0.39, 0.29) is 47.2 Å². The van der Waals surface area contributed by atoms with E-state index in [2.05, 4.69) is 10.6 Å². The van der Waals surface area contributed by atoms with Crippen molar-refractivity contribution in [1.82, 2.24) is 15.5 Å². The smallest absolute Gasteiger partial charge is 0.283 e. The summed E-state index contributed by atoms with van der Waals surface area (Å²) in [6.45, 7) is 4.11. The van der Waals surface area contributed by atoms with Gasteiger partial charge in [-0.1, -0.05) is 24.6 Å². The van der Waals surface area contributed by atoms with Crippen molar-refractivity contribution in [3.63, 3.8) is 0 Å². The van der Waals surface area contributed by atoms with Crippen LogP contribution in [0.4, 0.5) is 5.69 Å². The van der Waals surface area contributed by atoms with Crippen LogP contribution in [0.3, 0.4) is 0 Å². The Bertz CT molecular complexity index is 681. The first kappa shape index (κ1) is 23.1. The van der Waals surface area contributed by atoms with Crippen molar-refractivity contribution in [1.29, 1.82) is 0 Å². The maximum absolute atomic E-state index is 12.6. The molecule has 0 saturated carbocycles. The van der Waals surface area contributed by atoms with Crippen LogP contribution < -0.4 is 10.6 Å². The predicted molar refractivity (Wildman–Crippen MR) is 106 cm³/mol. The Kier molecular flexibility index (Phi) is 9.48. The Balaban J connectivity index is 0.00000364. The lowest BCUT2D eigenvalue weighted by Gasteiger charge is -2.34. The monoisotopic (exact) mass is 418 g/mol. The third-order valence-electron chi connectivity index (χ3n) is 4.35. The second-order valence-corrected chi connectivity index (χ2v) is 6.55. The van der Waals surface area contributed by atoms with Crippen molar-refractivity contribution in [3.05, 3.63) is 38.9 Å². The van der Waals surface area contributed by atoms with Crippen LogP contribution in [-0.2, 0) is 4.79 Å². The minimum Gasteiger partial charge on any atom is -0.343 e. The number of amides is 2. The molecule has 2 N–H and O–H groups in total. The molecule has 2 amide bonds. The summed E-state index contributed by atoms with van der Waals surface area (Å²) < 4.78 is 0. The zero-order chi connectivity index (χ0) is 19.1. The number of carbonyl (C=O) groups is 2. The number of nitro groups is 1. The number of benzene rings is 1. The van der Waals surface area contributed by atoms with E-state index in [1.165, 1.54) is 18.2 Å². The largest absolute Gasteiger partial charge is 0.343 e. The van der Waals surface area contributed by atoms with Gasteiger partial charge in [-0.15, -0.1) is 12.4 Å². The lowest BCUT2D eigenvalue weighted by molar-refractivity contribution is -0.385. The highest BCUT2D eigenvalue weighted by atomic mass is 35.5.